The first-order valence-electron chi connectivity index (χ1n) is 6.74. The van der Waals surface area contributed by atoms with Crippen molar-refractivity contribution in [3.63, 3.8) is 0 Å². The zero-order valence-corrected chi connectivity index (χ0v) is 11.8. The van der Waals surface area contributed by atoms with Crippen molar-refractivity contribution in [2.45, 2.75) is 31.6 Å². The van der Waals surface area contributed by atoms with Gasteiger partial charge in [0.2, 0.25) is 5.91 Å². The first-order valence-corrected chi connectivity index (χ1v) is 7.62. The van der Waals surface area contributed by atoms with Crippen LogP contribution < -0.4 is 0 Å². The van der Waals surface area contributed by atoms with Crippen molar-refractivity contribution in [2.24, 2.45) is 0 Å². The molecule has 20 heavy (non-hydrogen) atoms. The lowest BCUT2D eigenvalue weighted by Gasteiger charge is -2.13. The Bertz CT molecular complexity index is 561. The summed E-state index contributed by atoms with van der Waals surface area (Å²) in [5.74, 6) is -0.590. The van der Waals surface area contributed by atoms with E-state index in [-0.39, 0.29) is 12.5 Å². The van der Waals surface area contributed by atoms with E-state index in [2.05, 4.69) is 0 Å². The topological polar surface area (TPSA) is 63.7 Å². The van der Waals surface area contributed by atoms with Crippen molar-refractivity contribution in [1.82, 2.24) is 4.90 Å². The summed E-state index contributed by atoms with van der Waals surface area (Å²) in [5, 5.41) is 1.87. The van der Waals surface area contributed by atoms with Crippen molar-refractivity contribution >= 4 is 29.1 Å². The van der Waals surface area contributed by atoms with Gasteiger partial charge in [-0.05, 0) is 42.2 Å². The van der Waals surface area contributed by atoms with E-state index in [4.69, 9.17) is 4.74 Å². The molecule has 2 aliphatic rings. The van der Waals surface area contributed by atoms with Crippen LogP contribution in [0.1, 0.15) is 46.8 Å². The molecule has 1 aromatic heterocycles. The molecule has 1 saturated heterocycles. The molecule has 0 unspecified atom stereocenters. The highest BCUT2D eigenvalue weighted by Gasteiger charge is 2.31. The molecule has 106 valence electrons. The van der Waals surface area contributed by atoms with Gasteiger partial charge >= 0.3 is 5.97 Å². The average molecular weight is 293 g/mol. The van der Waals surface area contributed by atoms with E-state index < -0.39 is 11.9 Å². The number of carbonyl (C=O) groups is 3. The van der Waals surface area contributed by atoms with E-state index in [1.807, 2.05) is 11.4 Å². The standard InChI is InChI=1S/C14H15NO4S/c16-11-2-1-6-15(11)12(17)8-19-14(18)13-10(5-7-20-13)9-3-4-9/h5,7,9H,1-4,6,8H2. The average Bonchev–Trinajstić information content (AvgIpc) is 3.00. The van der Waals surface area contributed by atoms with Gasteiger partial charge in [-0.25, -0.2) is 4.79 Å². The Morgan fingerprint density at radius 2 is 2.20 bits per heavy atom. The van der Waals surface area contributed by atoms with Crippen LogP contribution in [0.5, 0.6) is 0 Å². The van der Waals surface area contributed by atoms with Crippen LogP contribution in [0.15, 0.2) is 11.4 Å². The van der Waals surface area contributed by atoms with E-state index in [0.717, 1.165) is 18.4 Å². The van der Waals surface area contributed by atoms with Crippen molar-refractivity contribution in [3.8, 4) is 0 Å². The molecule has 2 amide bonds. The number of thiophene rings is 1. The largest absolute Gasteiger partial charge is 0.451 e. The lowest BCUT2D eigenvalue weighted by atomic mass is 10.2. The quantitative estimate of drug-likeness (QED) is 0.796. The van der Waals surface area contributed by atoms with Crippen molar-refractivity contribution in [3.05, 3.63) is 21.9 Å². The van der Waals surface area contributed by atoms with E-state index in [0.29, 0.717) is 30.2 Å². The summed E-state index contributed by atoms with van der Waals surface area (Å²) >= 11 is 1.34. The third-order valence-corrected chi connectivity index (χ3v) is 4.51. The molecule has 0 spiro atoms. The summed E-state index contributed by atoms with van der Waals surface area (Å²) in [6.45, 7) is 0.0775. The van der Waals surface area contributed by atoms with Gasteiger partial charge in [0.05, 0.1) is 0 Å². The van der Waals surface area contributed by atoms with E-state index in [9.17, 15) is 14.4 Å². The monoisotopic (exact) mass is 293 g/mol. The van der Waals surface area contributed by atoms with Crippen LogP contribution in [0.4, 0.5) is 0 Å². The number of nitrogens with zero attached hydrogens (tertiary/aromatic N) is 1. The minimum Gasteiger partial charge on any atom is -0.451 e. The molecule has 6 heteroatoms. The zero-order chi connectivity index (χ0) is 14.1. The number of amides is 2. The number of imide groups is 1. The molecular weight excluding hydrogens is 278 g/mol. The summed E-state index contributed by atoms with van der Waals surface area (Å²) in [7, 11) is 0. The fourth-order valence-corrected chi connectivity index (χ4v) is 3.26. The number of ether oxygens (including phenoxy) is 1. The SMILES string of the molecule is O=C(OCC(=O)N1CCCC1=O)c1sccc1C1CC1. The Labute approximate surface area is 120 Å². The molecule has 2 heterocycles. The van der Waals surface area contributed by atoms with Crippen molar-refractivity contribution < 1.29 is 19.1 Å². The molecule has 1 aromatic rings. The third-order valence-electron chi connectivity index (χ3n) is 3.60. The summed E-state index contributed by atoms with van der Waals surface area (Å²) in [6.07, 6.45) is 3.31. The number of carbonyl (C=O) groups excluding carboxylic acids is 3. The predicted octanol–water partition coefficient (Wildman–Crippen LogP) is 1.93. The molecule has 0 radical (unpaired) electrons. The lowest BCUT2D eigenvalue weighted by Crippen LogP contribution is -2.35. The second-order valence-electron chi connectivity index (χ2n) is 5.10. The number of hydrogen-bond donors (Lipinski definition) is 0. The maximum absolute atomic E-state index is 12.0. The van der Waals surface area contributed by atoms with Gasteiger partial charge in [0.25, 0.3) is 5.91 Å². The number of hydrogen-bond acceptors (Lipinski definition) is 5. The van der Waals surface area contributed by atoms with E-state index >= 15 is 0 Å². The summed E-state index contributed by atoms with van der Waals surface area (Å²) in [6, 6.07) is 1.95. The molecule has 0 N–H and O–H groups in total. The molecule has 1 saturated carbocycles. The maximum Gasteiger partial charge on any atom is 0.349 e. The Morgan fingerprint density at radius 1 is 1.40 bits per heavy atom. The number of rotatable bonds is 4. The highest BCUT2D eigenvalue weighted by Crippen LogP contribution is 2.43. The predicted molar refractivity (Wildman–Crippen MR) is 72.5 cm³/mol. The van der Waals surface area contributed by atoms with Crippen LogP contribution in [0.3, 0.4) is 0 Å². The third kappa shape index (κ3) is 2.60. The first kappa shape index (κ1) is 13.3. The van der Waals surface area contributed by atoms with Gasteiger partial charge in [-0.1, -0.05) is 0 Å². The van der Waals surface area contributed by atoms with Crippen LogP contribution >= 0.6 is 11.3 Å². The van der Waals surface area contributed by atoms with Crippen LogP contribution in [0.25, 0.3) is 0 Å². The molecule has 0 atom stereocenters. The van der Waals surface area contributed by atoms with E-state index in [1.165, 1.54) is 16.2 Å². The van der Waals surface area contributed by atoms with Crippen LogP contribution in [-0.2, 0) is 14.3 Å². The second kappa shape index (κ2) is 5.36. The molecule has 1 aliphatic heterocycles. The van der Waals surface area contributed by atoms with Gasteiger partial charge < -0.3 is 4.74 Å². The molecule has 0 aromatic carbocycles. The number of likely N-dealkylation sites (tertiary alicyclic amines) is 1. The fourth-order valence-electron chi connectivity index (χ4n) is 2.38. The highest BCUT2D eigenvalue weighted by atomic mass is 32.1. The highest BCUT2D eigenvalue weighted by molar-refractivity contribution is 7.12. The number of esters is 1. The summed E-state index contributed by atoms with van der Waals surface area (Å²) < 4.78 is 5.06. The van der Waals surface area contributed by atoms with Gasteiger partial charge in [-0.3, -0.25) is 14.5 Å². The molecule has 1 aliphatic carbocycles. The lowest BCUT2D eigenvalue weighted by molar-refractivity contribution is -0.143. The smallest absolute Gasteiger partial charge is 0.349 e. The first-order chi connectivity index (χ1) is 9.66. The van der Waals surface area contributed by atoms with Gasteiger partial charge in [0, 0.05) is 13.0 Å². The van der Waals surface area contributed by atoms with Crippen molar-refractivity contribution in [1.29, 1.82) is 0 Å². The van der Waals surface area contributed by atoms with Crippen LogP contribution in [-0.4, -0.2) is 35.8 Å². The van der Waals surface area contributed by atoms with Crippen molar-refractivity contribution in [2.75, 3.05) is 13.2 Å². The fraction of sp³-hybridized carbons (Fsp3) is 0.500. The van der Waals surface area contributed by atoms with Gasteiger partial charge in [0.1, 0.15) is 4.88 Å². The Hall–Kier alpha value is -1.69. The van der Waals surface area contributed by atoms with E-state index in [1.54, 1.807) is 0 Å². The summed E-state index contributed by atoms with van der Waals surface area (Å²) in [5.41, 5.74) is 1.03. The Balaban J connectivity index is 1.57. The normalized spacial score (nSPS) is 18.4. The van der Waals surface area contributed by atoms with Crippen LogP contribution in [0.2, 0.25) is 0 Å². The molecule has 3 rings (SSSR count). The zero-order valence-electron chi connectivity index (χ0n) is 11.0. The second-order valence-corrected chi connectivity index (χ2v) is 6.01. The Morgan fingerprint density at radius 3 is 2.85 bits per heavy atom. The minimum atomic E-state index is -0.457. The van der Waals surface area contributed by atoms with Crippen LogP contribution in [0, 0.1) is 0 Å². The minimum absolute atomic E-state index is 0.180. The molecule has 2 fully saturated rings. The maximum atomic E-state index is 12.0. The molecular formula is C14H15NO4S. The molecule has 0 bridgehead atoms. The van der Waals surface area contributed by atoms with Gasteiger partial charge in [0.15, 0.2) is 6.61 Å². The van der Waals surface area contributed by atoms with Gasteiger partial charge in [-0.2, -0.15) is 0 Å². The Kier molecular flexibility index (Phi) is 3.56. The van der Waals surface area contributed by atoms with Gasteiger partial charge in [-0.15, -0.1) is 11.3 Å². The molecule has 5 nitrogen and oxygen atoms in total. The summed E-state index contributed by atoms with van der Waals surface area (Å²) in [4.78, 5) is 37.0.